The lowest BCUT2D eigenvalue weighted by molar-refractivity contribution is -0.139. The number of nitrogens with zero attached hydrogens (tertiary/aromatic N) is 1. The summed E-state index contributed by atoms with van der Waals surface area (Å²) in [6.45, 7) is 1.86. The molecule has 5 nitrogen and oxygen atoms in total. The molecule has 0 spiro atoms. The molecule has 0 bridgehead atoms. The van der Waals surface area contributed by atoms with Crippen LogP contribution in [0.4, 0.5) is 11.4 Å². The number of carbonyl (C=O) groups is 2. The smallest absolute Gasteiger partial charge is 0.312 e. The average Bonchev–Trinajstić information content (AvgIpc) is 2.19. The highest BCUT2D eigenvalue weighted by Crippen LogP contribution is 2.21. The van der Waals surface area contributed by atoms with Gasteiger partial charge in [-0.1, -0.05) is 0 Å². The van der Waals surface area contributed by atoms with Crippen molar-refractivity contribution in [3.8, 4) is 0 Å². The van der Waals surface area contributed by atoms with Crippen LogP contribution in [0.5, 0.6) is 0 Å². The van der Waals surface area contributed by atoms with E-state index in [0.29, 0.717) is 5.69 Å². The Morgan fingerprint density at radius 3 is 2.47 bits per heavy atom. The Bertz CT molecular complexity index is 441. The molecule has 2 N–H and O–H groups in total. The predicted octanol–water partition coefficient (Wildman–Crippen LogP) is 1.47. The first-order valence-corrected chi connectivity index (χ1v) is 5.20. The monoisotopic (exact) mass is 236 g/mol. The molecule has 0 saturated carbocycles. The lowest BCUT2D eigenvalue weighted by Gasteiger charge is -2.15. The van der Waals surface area contributed by atoms with Gasteiger partial charge in [-0.3, -0.25) is 9.59 Å². The van der Waals surface area contributed by atoms with Crippen LogP contribution in [0.1, 0.15) is 12.0 Å². The van der Waals surface area contributed by atoms with E-state index in [2.05, 4.69) is 5.32 Å². The van der Waals surface area contributed by atoms with Crippen molar-refractivity contribution in [1.29, 1.82) is 0 Å². The van der Waals surface area contributed by atoms with E-state index >= 15 is 0 Å². The van der Waals surface area contributed by atoms with Crippen LogP contribution >= 0.6 is 0 Å². The summed E-state index contributed by atoms with van der Waals surface area (Å²) in [6, 6.07) is 5.56. The molecule has 1 rings (SSSR count). The molecule has 1 aromatic carbocycles. The predicted molar refractivity (Wildman–Crippen MR) is 66.4 cm³/mol. The second kappa shape index (κ2) is 5.34. The van der Waals surface area contributed by atoms with Gasteiger partial charge in [0.2, 0.25) is 5.91 Å². The molecule has 0 fully saturated rings. The Kier molecular flexibility index (Phi) is 4.09. The molecule has 0 saturated heterocycles. The van der Waals surface area contributed by atoms with Crippen LogP contribution in [-0.2, 0) is 9.59 Å². The fraction of sp³-hybridized carbons (Fsp3) is 0.333. The number of carboxylic acids is 1. The maximum atomic E-state index is 11.3. The number of amides is 1. The van der Waals surface area contributed by atoms with Crippen LogP contribution < -0.4 is 10.2 Å². The Morgan fingerprint density at radius 1 is 1.35 bits per heavy atom. The van der Waals surface area contributed by atoms with Gasteiger partial charge in [-0.15, -0.1) is 0 Å². The van der Waals surface area contributed by atoms with Crippen molar-refractivity contribution in [2.75, 3.05) is 24.3 Å². The second-order valence-electron chi connectivity index (χ2n) is 4.01. The van der Waals surface area contributed by atoms with Crippen molar-refractivity contribution < 1.29 is 14.7 Å². The van der Waals surface area contributed by atoms with Crippen molar-refractivity contribution in [1.82, 2.24) is 0 Å². The highest BCUT2D eigenvalue weighted by molar-refractivity contribution is 6.01. The third-order valence-electron chi connectivity index (χ3n) is 2.31. The summed E-state index contributed by atoms with van der Waals surface area (Å²) in [7, 11) is 3.86. The summed E-state index contributed by atoms with van der Waals surface area (Å²) in [5.41, 5.74) is 2.57. The van der Waals surface area contributed by atoms with Crippen LogP contribution in [0.25, 0.3) is 0 Å². The van der Waals surface area contributed by atoms with Gasteiger partial charge in [0, 0.05) is 25.5 Å². The fourth-order valence-electron chi connectivity index (χ4n) is 1.40. The largest absolute Gasteiger partial charge is 0.481 e. The SMILES string of the molecule is Cc1cc(N(C)C)ccc1NC(=O)CC(=O)O. The first-order valence-electron chi connectivity index (χ1n) is 5.20. The van der Waals surface area contributed by atoms with Crippen LogP contribution in [0.15, 0.2) is 18.2 Å². The summed E-state index contributed by atoms with van der Waals surface area (Å²) < 4.78 is 0. The number of hydrogen-bond acceptors (Lipinski definition) is 3. The van der Waals surface area contributed by atoms with E-state index in [1.165, 1.54) is 0 Å². The number of aryl methyl sites for hydroxylation is 1. The molecule has 0 radical (unpaired) electrons. The lowest BCUT2D eigenvalue weighted by Crippen LogP contribution is -2.17. The first-order chi connectivity index (χ1) is 7.90. The minimum Gasteiger partial charge on any atom is -0.481 e. The van der Waals surface area contributed by atoms with E-state index in [0.717, 1.165) is 11.3 Å². The van der Waals surface area contributed by atoms with Crippen molar-refractivity contribution in [2.24, 2.45) is 0 Å². The van der Waals surface area contributed by atoms with Crippen molar-refractivity contribution in [2.45, 2.75) is 13.3 Å². The summed E-state index contributed by atoms with van der Waals surface area (Å²) in [6.07, 6.45) is -0.519. The summed E-state index contributed by atoms with van der Waals surface area (Å²) in [5.74, 6) is -1.65. The molecule has 0 aliphatic heterocycles. The van der Waals surface area contributed by atoms with Gasteiger partial charge < -0.3 is 15.3 Å². The van der Waals surface area contributed by atoms with Crippen LogP contribution in [0.3, 0.4) is 0 Å². The molecule has 0 aromatic heterocycles. The molecule has 0 unspecified atom stereocenters. The van der Waals surface area contributed by atoms with Gasteiger partial charge in [-0.25, -0.2) is 0 Å². The Morgan fingerprint density at radius 2 is 2.00 bits per heavy atom. The number of anilines is 2. The molecular weight excluding hydrogens is 220 g/mol. The molecule has 5 heteroatoms. The van der Waals surface area contributed by atoms with Crippen LogP contribution in [0, 0.1) is 6.92 Å². The average molecular weight is 236 g/mol. The number of carbonyl (C=O) groups excluding carboxylic acids is 1. The molecule has 0 aliphatic rings. The summed E-state index contributed by atoms with van der Waals surface area (Å²) in [5, 5.41) is 11.0. The fourth-order valence-corrected chi connectivity index (χ4v) is 1.40. The van der Waals surface area contributed by atoms with E-state index in [1.807, 2.05) is 38.1 Å². The highest BCUT2D eigenvalue weighted by atomic mass is 16.4. The normalized spacial score (nSPS) is 9.82. The molecule has 92 valence electrons. The Balaban J connectivity index is 2.79. The molecular formula is C12H16N2O3. The topological polar surface area (TPSA) is 69.6 Å². The van der Waals surface area contributed by atoms with Crippen LogP contribution in [-0.4, -0.2) is 31.1 Å². The number of benzene rings is 1. The van der Waals surface area contributed by atoms with Gasteiger partial charge in [0.05, 0.1) is 0 Å². The Labute approximate surface area is 100 Å². The van der Waals surface area contributed by atoms with E-state index in [1.54, 1.807) is 6.07 Å². The summed E-state index contributed by atoms with van der Waals surface area (Å²) >= 11 is 0. The minimum atomic E-state index is -1.13. The van der Waals surface area contributed by atoms with Gasteiger partial charge in [0.15, 0.2) is 0 Å². The molecule has 1 aromatic rings. The molecule has 1 amide bonds. The maximum absolute atomic E-state index is 11.3. The van der Waals surface area contributed by atoms with Crippen molar-refractivity contribution in [3.05, 3.63) is 23.8 Å². The van der Waals surface area contributed by atoms with Gasteiger partial charge in [0.25, 0.3) is 0 Å². The van der Waals surface area contributed by atoms with Gasteiger partial charge >= 0.3 is 5.97 Å². The zero-order chi connectivity index (χ0) is 13.0. The molecule has 0 aliphatic carbocycles. The molecule has 0 heterocycles. The maximum Gasteiger partial charge on any atom is 0.312 e. The lowest BCUT2D eigenvalue weighted by atomic mass is 10.1. The number of nitrogens with one attached hydrogen (secondary N) is 1. The number of carboxylic acid groups (broad SMARTS) is 1. The van der Waals surface area contributed by atoms with Gasteiger partial charge in [0.1, 0.15) is 6.42 Å². The zero-order valence-electron chi connectivity index (χ0n) is 10.2. The zero-order valence-corrected chi connectivity index (χ0v) is 10.2. The van der Waals surface area contributed by atoms with Gasteiger partial charge in [-0.05, 0) is 30.7 Å². The molecule has 0 atom stereocenters. The van der Waals surface area contributed by atoms with E-state index in [9.17, 15) is 9.59 Å². The van der Waals surface area contributed by atoms with Crippen LogP contribution in [0.2, 0.25) is 0 Å². The van der Waals surface area contributed by atoms with E-state index in [-0.39, 0.29) is 0 Å². The number of hydrogen-bond donors (Lipinski definition) is 2. The summed E-state index contributed by atoms with van der Waals surface area (Å²) in [4.78, 5) is 23.6. The second-order valence-corrected chi connectivity index (χ2v) is 4.01. The quantitative estimate of drug-likeness (QED) is 0.777. The van der Waals surface area contributed by atoms with Crippen molar-refractivity contribution in [3.63, 3.8) is 0 Å². The third kappa shape index (κ3) is 3.79. The van der Waals surface area contributed by atoms with Gasteiger partial charge in [-0.2, -0.15) is 0 Å². The minimum absolute atomic E-state index is 0.516. The van der Waals surface area contributed by atoms with E-state index < -0.39 is 18.3 Å². The number of rotatable bonds is 4. The van der Waals surface area contributed by atoms with E-state index in [4.69, 9.17) is 5.11 Å². The Hall–Kier alpha value is -2.04. The standard InChI is InChI=1S/C12H16N2O3/c1-8-6-9(14(2)3)4-5-10(8)13-11(15)7-12(16)17/h4-6H,7H2,1-3H3,(H,13,15)(H,16,17). The number of aliphatic carboxylic acids is 1. The highest BCUT2D eigenvalue weighted by Gasteiger charge is 2.09. The third-order valence-corrected chi connectivity index (χ3v) is 2.31. The first kappa shape index (κ1) is 13.0. The van der Waals surface area contributed by atoms with Crippen molar-refractivity contribution >= 4 is 23.3 Å². The molecule has 17 heavy (non-hydrogen) atoms.